The van der Waals surface area contributed by atoms with E-state index in [0.717, 1.165) is 25.1 Å². The van der Waals surface area contributed by atoms with Crippen molar-refractivity contribution in [1.29, 1.82) is 5.26 Å². The van der Waals surface area contributed by atoms with Gasteiger partial charge >= 0.3 is 0 Å². The molecule has 0 spiro atoms. The van der Waals surface area contributed by atoms with Crippen LogP contribution in [-0.2, 0) is 13.0 Å². The molecule has 0 amide bonds. The predicted octanol–water partition coefficient (Wildman–Crippen LogP) is 5.39. The van der Waals surface area contributed by atoms with Gasteiger partial charge in [0.15, 0.2) is 0 Å². The molecule has 122 valence electrons. The average molecular weight is 436 g/mol. The summed E-state index contributed by atoms with van der Waals surface area (Å²) in [6.07, 6.45) is 1.05. The molecule has 1 heterocycles. The Balaban J connectivity index is 1.74. The highest BCUT2D eigenvalue weighted by molar-refractivity contribution is 14.1. The van der Waals surface area contributed by atoms with Gasteiger partial charge in [0.25, 0.3) is 0 Å². The van der Waals surface area contributed by atoms with Gasteiger partial charge in [-0.3, -0.25) is 0 Å². The molecule has 0 atom stereocenters. The minimum atomic E-state index is 0.709. The van der Waals surface area contributed by atoms with Gasteiger partial charge in [-0.25, -0.2) is 0 Å². The number of halogens is 1. The number of hydrogen-bond donors (Lipinski definition) is 0. The van der Waals surface area contributed by atoms with Crippen molar-refractivity contribution >= 4 is 28.3 Å². The van der Waals surface area contributed by atoms with E-state index in [1.807, 2.05) is 18.2 Å². The third-order valence-electron chi connectivity index (χ3n) is 4.77. The molecule has 4 rings (SSSR count). The zero-order valence-corrected chi connectivity index (χ0v) is 15.9. The van der Waals surface area contributed by atoms with Crippen LogP contribution in [0.25, 0.3) is 11.1 Å². The molecule has 3 aromatic rings. The Hall–Kier alpha value is -2.32. The number of nitrogens with zero attached hydrogens (tertiary/aromatic N) is 2. The predicted molar refractivity (Wildman–Crippen MR) is 111 cm³/mol. The molecular weight excluding hydrogens is 419 g/mol. The highest BCUT2D eigenvalue weighted by Gasteiger charge is 2.20. The molecule has 3 heteroatoms. The third-order valence-corrected chi connectivity index (χ3v) is 5.49. The maximum atomic E-state index is 9.20. The largest absolute Gasteiger partial charge is 0.367 e. The maximum absolute atomic E-state index is 9.20. The summed E-state index contributed by atoms with van der Waals surface area (Å²) in [5.41, 5.74) is 7.14. The molecule has 0 bridgehead atoms. The molecule has 0 saturated carbocycles. The molecule has 1 aliphatic heterocycles. The van der Waals surface area contributed by atoms with Crippen molar-refractivity contribution in [3.8, 4) is 17.2 Å². The Bertz CT molecular complexity index is 955. The van der Waals surface area contributed by atoms with Crippen LogP contribution in [0.15, 0.2) is 66.7 Å². The van der Waals surface area contributed by atoms with E-state index in [2.05, 4.69) is 82.1 Å². The van der Waals surface area contributed by atoms with Gasteiger partial charge in [0.1, 0.15) is 0 Å². The van der Waals surface area contributed by atoms with Crippen LogP contribution in [0.5, 0.6) is 0 Å². The van der Waals surface area contributed by atoms with Crippen molar-refractivity contribution in [3.05, 3.63) is 87.0 Å². The highest BCUT2D eigenvalue weighted by atomic mass is 127. The first-order valence-corrected chi connectivity index (χ1v) is 9.44. The number of anilines is 1. The summed E-state index contributed by atoms with van der Waals surface area (Å²) in [5.74, 6) is 0. The van der Waals surface area contributed by atoms with Crippen molar-refractivity contribution in [3.63, 3.8) is 0 Å². The van der Waals surface area contributed by atoms with E-state index >= 15 is 0 Å². The lowest BCUT2D eigenvalue weighted by Crippen LogP contribution is -2.30. The van der Waals surface area contributed by atoms with Crippen LogP contribution in [0.1, 0.15) is 16.7 Å². The van der Waals surface area contributed by atoms with Gasteiger partial charge in [0.05, 0.1) is 11.6 Å². The summed E-state index contributed by atoms with van der Waals surface area (Å²) < 4.78 is 1.26. The fraction of sp³-hybridized carbons (Fsp3) is 0.136. The second-order valence-corrected chi connectivity index (χ2v) is 7.53. The number of nitriles is 1. The quantitative estimate of drug-likeness (QED) is 0.504. The standard InChI is InChI=1S/C22H17IN2/c23-19-7-9-20(10-8-19)25-12-11-17-4-2-6-21(22(17)15-25)18-5-1-3-16(13-18)14-24/h1-10,13H,11-12,15H2. The molecule has 0 radical (unpaired) electrons. The fourth-order valence-corrected chi connectivity index (χ4v) is 3.84. The number of benzene rings is 3. The van der Waals surface area contributed by atoms with Crippen LogP contribution in [-0.4, -0.2) is 6.54 Å². The molecule has 0 aromatic heterocycles. The van der Waals surface area contributed by atoms with Crippen molar-refractivity contribution < 1.29 is 0 Å². The monoisotopic (exact) mass is 436 g/mol. The van der Waals surface area contributed by atoms with Crippen LogP contribution in [0.3, 0.4) is 0 Å². The second-order valence-electron chi connectivity index (χ2n) is 6.28. The Morgan fingerprint density at radius 1 is 0.960 bits per heavy atom. The van der Waals surface area contributed by atoms with Gasteiger partial charge in [-0.1, -0.05) is 30.3 Å². The van der Waals surface area contributed by atoms with E-state index in [1.165, 1.54) is 25.9 Å². The second kappa shape index (κ2) is 6.89. The Morgan fingerprint density at radius 2 is 1.76 bits per heavy atom. The minimum Gasteiger partial charge on any atom is -0.367 e. The molecule has 0 fully saturated rings. The van der Waals surface area contributed by atoms with Crippen LogP contribution in [0.2, 0.25) is 0 Å². The van der Waals surface area contributed by atoms with Crippen LogP contribution < -0.4 is 4.90 Å². The van der Waals surface area contributed by atoms with Gasteiger partial charge in [0.2, 0.25) is 0 Å². The van der Waals surface area contributed by atoms with Gasteiger partial charge in [0, 0.05) is 22.3 Å². The van der Waals surface area contributed by atoms with Crippen molar-refractivity contribution in [2.24, 2.45) is 0 Å². The van der Waals surface area contributed by atoms with Gasteiger partial charge in [-0.15, -0.1) is 0 Å². The molecule has 0 aliphatic carbocycles. The highest BCUT2D eigenvalue weighted by Crippen LogP contribution is 2.33. The number of hydrogen-bond acceptors (Lipinski definition) is 2. The van der Waals surface area contributed by atoms with E-state index < -0.39 is 0 Å². The first-order valence-electron chi connectivity index (χ1n) is 8.36. The molecule has 1 aliphatic rings. The number of rotatable bonds is 2. The molecule has 0 saturated heterocycles. The first-order chi connectivity index (χ1) is 12.2. The van der Waals surface area contributed by atoms with E-state index in [4.69, 9.17) is 0 Å². The summed E-state index contributed by atoms with van der Waals surface area (Å²) in [6, 6.07) is 25.4. The van der Waals surface area contributed by atoms with Crippen molar-refractivity contribution in [1.82, 2.24) is 0 Å². The average Bonchev–Trinajstić information content (AvgIpc) is 2.68. The first kappa shape index (κ1) is 16.2. The Labute approximate surface area is 161 Å². The van der Waals surface area contributed by atoms with Gasteiger partial charge in [-0.05, 0) is 87.7 Å². The zero-order chi connectivity index (χ0) is 17.2. The fourth-order valence-electron chi connectivity index (χ4n) is 3.48. The summed E-state index contributed by atoms with van der Waals surface area (Å²) >= 11 is 2.34. The zero-order valence-electron chi connectivity index (χ0n) is 13.7. The lowest BCUT2D eigenvalue weighted by molar-refractivity contribution is 0.733. The van der Waals surface area contributed by atoms with E-state index in [-0.39, 0.29) is 0 Å². The van der Waals surface area contributed by atoms with Crippen LogP contribution in [0.4, 0.5) is 5.69 Å². The van der Waals surface area contributed by atoms with Crippen molar-refractivity contribution in [2.75, 3.05) is 11.4 Å². The molecule has 3 aromatic carbocycles. The molecule has 0 unspecified atom stereocenters. The lowest BCUT2D eigenvalue weighted by Gasteiger charge is -2.32. The lowest BCUT2D eigenvalue weighted by atomic mass is 9.90. The third kappa shape index (κ3) is 3.27. The van der Waals surface area contributed by atoms with Gasteiger partial charge in [-0.2, -0.15) is 5.26 Å². The van der Waals surface area contributed by atoms with Gasteiger partial charge < -0.3 is 4.90 Å². The van der Waals surface area contributed by atoms with E-state index in [9.17, 15) is 5.26 Å². The molecule has 0 N–H and O–H groups in total. The van der Waals surface area contributed by atoms with Crippen LogP contribution in [0, 0.1) is 14.9 Å². The molecule has 2 nitrogen and oxygen atoms in total. The normalized spacial score (nSPS) is 13.2. The summed E-state index contributed by atoms with van der Waals surface area (Å²) in [7, 11) is 0. The maximum Gasteiger partial charge on any atom is 0.0991 e. The number of fused-ring (bicyclic) bond motifs is 1. The topological polar surface area (TPSA) is 27.0 Å². The van der Waals surface area contributed by atoms with E-state index in [0.29, 0.717) is 5.56 Å². The summed E-state index contributed by atoms with van der Waals surface area (Å²) in [4.78, 5) is 2.44. The SMILES string of the molecule is N#Cc1cccc(-c2cccc3c2CN(c2ccc(I)cc2)CC3)c1. The Morgan fingerprint density at radius 3 is 2.56 bits per heavy atom. The Kier molecular flexibility index (Phi) is 4.46. The molecular formula is C22H17IN2. The molecule has 25 heavy (non-hydrogen) atoms. The van der Waals surface area contributed by atoms with Crippen LogP contribution >= 0.6 is 22.6 Å². The summed E-state index contributed by atoms with van der Waals surface area (Å²) in [5, 5.41) is 9.20. The minimum absolute atomic E-state index is 0.709. The van der Waals surface area contributed by atoms with Crippen molar-refractivity contribution in [2.45, 2.75) is 13.0 Å². The summed E-state index contributed by atoms with van der Waals surface area (Å²) in [6.45, 7) is 1.94. The van der Waals surface area contributed by atoms with E-state index in [1.54, 1.807) is 0 Å². The smallest absolute Gasteiger partial charge is 0.0991 e.